The Hall–Kier alpha value is -3.82. The lowest BCUT2D eigenvalue weighted by molar-refractivity contribution is -0.137. The fourth-order valence-corrected chi connectivity index (χ4v) is 3.77. The standard InChI is InChI=1S/C29H28BrNO7/c1-17(2)28(35)38-27-21(15-31-24(25(34)16-32)12-19-6-10-23(33)11-7-19)13-22(30)14-26(27)37-29(36)20-8-4-18(3)5-9-20/h4-11,13-15,17,24,32-33H,12,16H2,1-3H3/b31-15-. The molecule has 3 aromatic rings. The molecule has 198 valence electrons. The Bertz CT molecular complexity index is 1330. The summed E-state index contributed by atoms with van der Waals surface area (Å²) >= 11 is 3.38. The van der Waals surface area contributed by atoms with Crippen LogP contribution in [0.25, 0.3) is 0 Å². The summed E-state index contributed by atoms with van der Waals surface area (Å²) in [5.41, 5.74) is 2.30. The van der Waals surface area contributed by atoms with Crippen LogP contribution in [0, 0.1) is 12.8 Å². The molecule has 0 spiro atoms. The first-order valence-electron chi connectivity index (χ1n) is 11.9. The summed E-state index contributed by atoms with van der Waals surface area (Å²) in [5.74, 6) is -2.14. The third-order valence-electron chi connectivity index (χ3n) is 5.50. The van der Waals surface area contributed by atoms with Crippen LogP contribution in [0.15, 0.2) is 70.1 Å². The van der Waals surface area contributed by atoms with Crippen LogP contribution in [-0.4, -0.2) is 46.8 Å². The van der Waals surface area contributed by atoms with Gasteiger partial charge in [-0.2, -0.15) is 0 Å². The first-order valence-corrected chi connectivity index (χ1v) is 12.7. The highest BCUT2D eigenvalue weighted by molar-refractivity contribution is 9.10. The fraction of sp³-hybridized carbons (Fsp3) is 0.241. The highest BCUT2D eigenvalue weighted by Crippen LogP contribution is 2.35. The van der Waals surface area contributed by atoms with Crippen molar-refractivity contribution in [1.82, 2.24) is 0 Å². The summed E-state index contributed by atoms with van der Waals surface area (Å²) in [6, 6.07) is 15.3. The third-order valence-corrected chi connectivity index (χ3v) is 5.96. The van der Waals surface area contributed by atoms with E-state index in [1.165, 1.54) is 24.4 Å². The minimum Gasteiger partial charge on any atom is -0.508 e. The molecule has 8 nitrogen and oxygen atoms in total. The average molecular weight is 582 g/mol. The Morgan fingerprint density at radius 3 is 2.26 bits per heavy atom. The smallest absolute Gasteiger partial charge is 0.343 e. The minimum atomic E-state index is -0.948. The van der Waals surface area contributed by atoms with Crippen molar-refractivity contribution in [3.8, 4) is 17.2 Å². The number of aromatic hydroxyl groups is 1. The molecule has 1 atom stereocenters. The van der Waals surface area contributed by atoms with Gasteiger partial charge in [-0.3, -0.25) is 14.6 Å². The van der Waals surface area contributed by atoms with Crippen LogP contribution in [0.4, 0.5) is 0 Å². The maximum atomic E-state index is 12.8. The van der Waals surface area contributed by atoms with Gasteiger partial charge in [-0.1, -0.05) is 59.6 Å². The van der Waals surface area contributed by atoms with Gasteiger partial charge in [0.1, 0.15) is 18.4 Å². The molecule has 0 aromatic heterocycles. The number of phenolic OH excluding ortho intramolecular Hbond substituents is 1. The van der Waals surface area contributed by atoms with E-state index in [2.05, 4.69) is 20.9 Å². The molecule has 0 saturated heterocycles. The number of nitrogens with zero attached hydrogens (tertiary/aromatic N) is 1. The zero-order valence-electron chi connectivity index (χ0n) is 21.2. The zero-order valence-corrected chi connectivity index (χ0v) is 22.8. The Morgan fingerprint density at radius 2 is 1.66 bits per heavy atom. The Balaban J connectivity index is 2.00. The number of carbonyl (C=O) groups excluding carboxylic acids is 3. The van der Waals surface area contributed by atoms with Crippen LogP contribution in [0.1, 0.15) is 40.9 Å². The Kier molecular flexibility index (Phi) is 9.92. The lowest BCUT2D eigenvalue weighted by Gasteiger charge is -2.16. The second-order valence-corrected chi connectivity index (χ2v) is 9.86. The van der Waals surface area contributed by atoms with E-state index < -0.39 is 36.3 Å². The van der Waals surface area contributed by atoms with Crippen molar-refractivity contribution in [2.24, 2.45) is 10.9 Å². The van der Waals surface area contributed by atoms with E-state index in [4.69, 9.17) is 9.47 Å². The molecular formula is C29H28BrNO7. The van der Waals surface area contributed by atoms with Gasteiger partial charge in [0, 0.05) is 22.7 Å². The van der Waals surface area contributed by atoms with Gasteiger partial charge in [-0.05, 0) is 48.9 Å². The monoisotopic (exact) mass is 581 g/mol. The van der Waals surface area contributed by atoms with E-state index in [1.807, 2.05) is 6.92 Å². The molecule has 1 unspecified atom stereocenters. The van der Waals surface area contributed by atoms with Gasteiger partial charge < -0.3 is 19.7 Å². The SMILES string of the molecule is Cc1ccc(C(=O)Oc2cc(Br)cc(/C=N\C(Cc3ccc(O)cc3)C(=O)CO)c2OC(=O)C(C)C)cc1. The lowest BCUT2D eigenvalue weighted by atomic mass is 10.0. The van der Waals surface area contributed by atoms with Gasteiger partial charge in [0.25, 0.3) is 0 Å². The highest BCUT2D eigenvalue weighted by atomic mass is 79.9. The predicted molar refractivity (Wildman–Crippen MR) is 146 cm³/mol. The van der Waals surface area contributed by atoms with Gasteiger partial charge in [0.05, 0.1) is 11.5 Å². The van der Waals surface area contributed by atoms with Crippen molar-refractivity contribution in [1.29, 1.82) is 0 Å². The van der Waals surface area contributed by atoms with E-state index in [0.29, 0.717) is 10.0 Å². The van der Waals surface area contributed by atoms with Crippen molar-refractivity contribution >= 4 is 39.9 Å². The first kappa shape index (κ1) is 28.7. The number of rotatable bonds is 10. The van der Waals surface area contributed by atoms with Gasteiger partial charge >= 0.3 is 11.9 Å². The highest BCUT2D eigenvalue weighted by Gasteiger charge is 2.22. The number of halogens is 1. The Labute approximate surface area is 229 Å². The van der Waals surface area contributed by atoms with Crippen LogP contribution in [0.5, 0.6) is 17.2 Å². The molecule has 0 aliphatic heterocycles. The number of hydrogen-bond donors (Lipinski definition) is 2. The summed E-state index contributed by atoms with van der Waals surface area (Å²) in [5, 5.41) is 19.0. The largest absolute Gasteiger partial charge is 0.508 e. The molecule has 3 aromatic carbocycles. The molecule has 0 radical (unpaired) electrons. The molecule has 0 aliphatic carbocycles. The predicted octanol–water partition coefficient (Wildman–Crippen LogP) is 4.84. The summed E-state index contributed by atoms with van der Waals surface area (Å²) in [4.78, 5) is 42.2. The number of aryl methyl sites for hydroxylation is 1. The molecule has 2 N–H and O–H groups in total. The molecule has 9 heteroatoms. The molecule has 0 bridgehead atoms. The van der Waals surface area contributed by atoms with Crippen LogP contribution in [0.3, 0.4) is 0 Å². The third kappa shape index (κ3) is 7.84. The molecule has 0 aliphatic rings. The van der Waals surface area contributed by atoms with Gasteiger partial charge in [0.2, 0.25) is 0 Å². The zero-order chi connectivity index (χ0) is 27.8. The maximum Gasteiger partial charge on any atom is 0.343 e. The van der Waals surface area contributed by atoms with Crippen molar-refractivity contribution in [2.45, 2.75) is 33.2 Å². The summed E-state index contributed by atoms with van der Waals surface area (Å²) < 4.78 is 11.7. The van der Waals surface area contributed by atoms with E-state index >= 15 is 0 Å². The molecule has 3 rings (SSSR count). The fourth-order valence-electron chi connectivity index (χ4n) is 3.32. The topological polar surface area (TPSA) is 122 Å². The Morgan fingerprint density at radius 1 is 1.00 bits per heavy atom. The lowest BCUT2D eigenvalue weighted by Crippen LogP contribution is -2.24. The second-order valence-electron chi connectivity index (χ2n) is 8.94. The van der Waals surface area contributed by atoms with E-state index in [9.17, 15) is 24.6 Å². The molecule has 0 saturated carbocycles. The van der Waals surface area contributed by atoms with Crippen LogP contribution < -0.4 is 9.47 Å². The molecular weight excluding hydrogens is 554 g/mol. The summed E-state index contributed by atoms with van der Waals surface area (Å²) in [7, 11) is 0. The van der Waals surface area contributed by atoms with Crippen LogP contribution in [0.2, 0.25) is 0 Å². The number of ketones is 1. The second kappa shape index (κ2) is 13.1. The number of benzene rings is 3. The van der Waals surface area contributed by atoms with Gasteiger partial charge in [-0.25, -0.2) is 4.79 Å². The quantitative estimate of drug-likeness (QED) is 0.199. The molecule has 0 heterocycles. The molecule has 0 fully saturated rings. The number of phenols is 1. The van der Waals surface area contributed by atoms with Crippen LogP contribution >= 0.6 is 15.9 Å². The number of carbonyl (C=O) groups is 3. The number of aliphatic imine (C=N–C) groups is 1. The summed E-state index contributed by atoms with van der Waals surface area (Å²) in [6.45, 7) is 4.52. The van der Waals surface area contributed by atoms with Crippen molar-refractivity contribution in [3.63, 3.8) is 0 Å². The number of aliphatic hydroxyl groups is 1. The van der Waals surface area contributed by atoms with Gasteiger partial charge in [0.15, 0.2) is 17.3 Å². The van der Waals surface area contributed by atoms with Crippen molar-refractivity contribution < 1.29 is 34.1 Å². The molecule has 38 heavy (non-hydrogen) atoms. The van der Waals surface area contributed by atoms with Crippen LogP contribution in [-0.2, 0) is 16.0 Å². The average Bonchev–Trinajstić information content (AvgIpc) is 2.88. The minimum absolute atomic E-state index is 0.0102. The van der Waals surface area contributed by atoms with E-state index in [1.54, 1.807) is 56.3 Å². The summed E-state index contributed by atoms with van der Waals surface area (Å²) in [6.07, 6.45) is 1.51. The maximum absolute atomic E-state index is 12.8. The van der Waals surface area contributed by atoms with Gasteiger partial charge in [-0.15, -0.1) is 0 Å². The van der Waals surface area contributed by atoms with Crippen molar-refractivity contribution in [2.75, 3.05) is 6.61 Å². The first-order chi connectivity index (χ1) is 18.1. The van der Waals surface area contributed by atoms with E-state index in [0.717, 1.165) is 11.1 Å². The number of ether oxygens (including phenoxy) is 2. The number of Topliss-reactive ketones (excluding diaryl/α,β-unsaturated/α-hetero) is 1. The van der Waals surface area contributed by atoms with Crippen molar-refractivity contribution in [3.05, 3.63) is 87.4 Å². The normalized spacial score (nSPS) is 11.9. The van der Waals surface area contributed by atoms with E-state index in [-0.39, 0.29) is 29.2 Å². The number of hydrogen-bond acceptors (Lipinski definition) is 8. The molecule has 0 amide bonds. The number of aliphatic hydroxyl groups excluding tert-OH is 1. The number of esters is 2.